The molecule has 2 rings (SSSR count). The highest BCUT2D eigenvalue weighted by molar-refractivity contribution is 5.67. The molecular formula is C13H24N2O3. The highest BCUT2D eigenvalue weighted by Gasteiger charge is 2.41. The quantitative estimate of drug-likeness (QED) is 0.747. The first kappa shape index (κ1) is 13.6. The fourth-order valence-corrected chi connectivity index (χ4v) is 2.69. The van der Waals surface area contributed by atoms with Crippen molar-refractivity contribution in [3.05, 3.63) is 0 Å². The molecule has 18 heavy (non-hydrogen) atoms. The Hall–Kier alpha value is -0.810. The number of nitrogens with one attached hydrogen (secondary N) is 2. The summed E-state index contributed by atoms with van der Waals surface area (Å²) in [6, 6.07) is 0.109. The van der Waals surface area contributed by atoms with Crippen LogP contribution in [0.5, 0.6) is 0 Å². The monoisotopic (exact) mass is 256 g/mol. The second-order valence-corrected chi connectivity index (χ2v) is 5.28. The van der Waals surface area contributed by atoms with Crippen molar-refractivity contribution >= 4 is 6.09 Å². The number of ether oxygens (including phenoxy) is 2. The second-order valence-electron chi connectivity index (χ2n) is 5.28. The van der Waals surface area contributed by atoms with Gasteiger partial charge in [0.2, 0.25) is 0 Å². The van der Waals surface area contributed by atoms with Crippen LogP contribution in [0.4, 0.5) is 4.79 Å². The largest absolute Gasteiger partial charge is 0.450 e. The van der Waals surface area contributed by atoms with Gasteiger partial charge < -0.3 is 20.1 Å². The van der Waals surface area contributed by atoms with Crippen LogP contribution in [0.15, 0.2) is 0 Å². The van der Waals surface area contributed by atoms with Crippen molar-refractivity contribution in [2.75, 3.05) is 26.3 Å². The molecule has 0 aromatic rings. The first-order valence-electron chi connectivity index (χ1n) is 7.02. The predicted octanol–water partition coefficient (Wildman–Crippen LogP) is 1.42. The molecule has 2 fully saturated rings. The molecule has 1 amide bonds. The first-order chi connectivity index (χ1) is 8.74. The van der Waals surface area contributed by atoms with Gasteiger partial charge in [0.1, 0.15) is 0 Å². The molecule has 2 aliphatic rings. The molecule has 0 saturated carbocycles. The zero-order valence-corrected chi connectivity index (χ0v) is 11.2. The Labute approximate surface area is 109 Å². The van der Waals surface area contributed by atoms with Crippen molar-refractivity contribution in [1.82, 2.24) is 10.6 Å². The van der Waals surface area contributed by atoms with Gasteiger partial charge in [-0.1, -0.05) is 13.3 Å². The lowest BCUT2D eigenvalue weighted by atomic mass is 9.88. The van der Waals surface area contributed by atoms with E-state index in [4.69, 9.17) is 9.47 Å². The molecule has 2 N–H and O–H groups in total. The maximum Gasteiger partial charge on any atom is 0.407 e. The third kappa shape index (κ3) is 3.59. The minimum Gasteiger partial charge on any atom is -0.450 e. The molecule has 1 spiro atoms. The lowest BCUT2D eigenvalue weighted by Crippen LogP contribution is -2.43. The fourth-order valence-electron chi connectivity index (χ4n) is 2.69. The molecule has 2 saturated heterocycles. The summed E-state index contributed by atoms with van der Waals surface area (Å²) in [6.45, 7) is 5.21. The van der Waals surface area contributed by atoms with Crippen LogP contribution in [0.25, 0.3) is 0 Å². The normalized spacial score (nSPS) is 26.2. The lowest BCUT2D eigenvalue weighted by molar-refractivity contribution is -0.0194. The van der Waals surface area contributed by atoms with Gasteiger partial charge in [0.25, 0.3) is 0 Å². The molecule has 2 aliphatic heterocycles. The maximum absolute atomic E-state index is 11.5. The Morgan fingerprint density at radius 2 is 2.28 bits per heavy atom. The summed E-state index contributed by atoms with van der Waals surface area (Å²) in [5.74, 6) is 0. The van der Waals surface area contributed by atoms with Gasteiger partial charge in [-0.2, -0.15) is 0 Å². The van der Waals surface area contributed by atoms with E-state index in [1.807, 2.05) is 0 Å². The van der Waals surface area contributed by atoms with Gasteiger partial charge in [-0.15, -0.1) is 0 Å². The number of carbonyl (C=O) groups excluding carboxylic acids is 1. The van der Waals surface area contributed by atoms with Crippen molar-refractivity contribution in [3.63, 3.8) is 0 Å². The van der Waals surface area contributed by atoms with E-state index < -0.39 is 0 Å². The van der Waals surface area contributed by atoms with Gasteiger partial charge in [0, 0.05) is 0 Å². The number of carbonyl (C=O) groups is 1. The summed E-state index contributed by atoms with van der Waals surface area (Å²) in [5, 5.41) is 6.24. The minimum absolute atomic E-state index is 0.00733. The van der Waals surface area contributed by atoms with Crippen LogP contribution in [0.3, 0.4) is 0 Å². The van der Waals surface area contributed by atoms with Crippen LogP contribution < -0.4 is 10.6 Å². The lowest BCUT2D eigenvalue weighted by Gasteiger charge is -2.32. The molecule has 2 heterocycles. The minimum atomic E-state index is -0.303. The molecule has 0 bridgehead atoms. The van der Waals surface area contributed by atoms with E-state index in [-0.39, 0.29) is 17.7 Å². The molecule has 0 aromatic carbocycles. The highest BCUT2D eigenvalue weighted by Crippen LogP contribution is 2.33. The number of rotatable bonds is 4. The van der Waals surface area contributed by atoms with E-state index >= 15 is 0 Å². The van der Waals surface area contributed by atoms with Crippen molar-refractivity contribution in [2.24, 2.45) is 0 Å². The summed E-state index contributed by atoms with van der Waals surface area (Å²) in [4.78, 5) is 11.5. The van der Waals surface area contributed by atoms with Gasteiger partial charge in [0.15, 0.2) is 0 Å². The van der Waals surface area contributed by atoms with Gasteiger partial charge in [-0.05, 0) is 38.8 Å². The molecule has 1 atom stereocenters. The standard InChI is InChI=1S/C13H24N2O3/c1-2-3-8-17-12(16)15-11-9-13(18-10-11)4-6-14-7-5-13/h11,14H,2-10H2,1H3,(H,15,16). The summed E-state index contributed by atoms with van der Waals surface area (Å²) in [5.41, 5.74) is -0.00733. The number of unbranched alkanes of at least 4 members (excludes halogenated alkanes) is 1. The highest BCUT2D eigenvalue weighted by atomic mass is 16.5. The average Bonchev–Trinajstić information content (AvgIpc) is 2.73. The van der Waals surface area contributed by atoms with E-state index in [1.165, 1.54) is 0 Å². The Bertz CT molecular complexity index is 277. The van der Waals surface area contributed by atoms with E-state index in [1.54, 1.807) is 0 Å². The van der Waals surface area contributed by atoms with Gasteiger partial charge in [-0.25, -0.2) is 4.79 Å². The van der Waals surface area contributed by atoms with Crippen LogP contribution in [0.1, 0.15) is 39.0 Å². The van der Waals surface area contributed by atoms with Gasteiger partial charge >= 0.3 is 6.09 Å². The molecule has 0 aliphatic carbocycles. The van der Waals surface area contributed by atoms with Gasteiger partial charge in [-0.3, -0.25) is 0 Å². The van der Waals surface area contributed by atoms with Crippen LogP contribution in [-0.2, 0) is 9.47 Å². The molecule has 1 unspecified atom stereocenters. The Balaban J connectivity index is 1.70. The molecule has 0 aromatic heterocycles. The zero-order valence-electron chi connectivity index (χ0n) is 11.2. The third-order valence-corrected chi connectivity index (χ3v) is 3.78. The molecular weight excluding hydrogens is 232 g/mol. The molecule has 5 heteroatoms. The smallest absolute Gasteiger partial charge is 0.407 e. The Morgan fingerprint density at radius 3 is 3.00 bits per heavy atom. The fraction of sp³-hybridized carbons (Fsp3) is 0.923. The molecule has 0 radical (unpaired) electrons. The van der Waals surface area contributed by atoms with Crippen molar-refractivity contribution < 1.29 is 14.3 Å². The number of hydrogen-bond donors (Lipinski definition) is 2. The van der Waals surface area contributed by atoms with E-state index in [0.29, 0.717) is 13.2 Å². The number of amides is 1. The van der Waals surface area contributed by atoms with Gasteiger partial charge in [0.05, 0.1) is 24.9 Å². The zero-order chi connectivity index (χ0) is 12.8. The first-order valence-corrected chi connectivity index (χ1v) is 7.02. The topological polar surface area (TPSA) is 59.6 Å². The Morgan fingerprint density at radius 1 is 1.50 bits per heavy atom. The second kappa shape index (κ2) is 6.38. The number of hydrogen-bond acceptors (Lipinski definition) is 4. The number of piperidine rings is 1. The summed E-state index contributed by atoms with van der Waals surface area (Å²) >= 11 is 0. The third-order valence-electron chi connectivity index (χ3n) is 3.78. The molecule has 104 valence electrons. The predicted molar refractivity (Wildman–Crippen MR) is 68.6 cm³/mol. The number of alkyl carbamates (subject to hydrolysis) is 1. The summed E-state index contributed by atoms with van der Waals surface area (Å²) < 4.78 is 11.0. The van der Waals surface area contributed by atoms with E-state index in [9.17, 15) is 4.79 Å². The van der Waals surface area contributed by atoms with Crippen LogP contribution >= 0.6 is 0 Å². The van der Waals surface area contributed by atoms with E-state index in [0.717, 1.165) is 45.2 Å². The molecule has 5 nitrogen and oxygen atoms in total. The SMILES string of the molecule is CCCCOC(=O)NC1COC2(CCNCC2)C1. The van der Waals surface area contributed by atoms with Crippen molar-refractivity contribution in [2.45, 2.75) is 50.7 Å². The average molecular weight is 256 g/mol. The van der Waals surface area contributed by atoms with Crippen molar-refractivity contribution in [1.29, 1.82) is 0 Å². The maximum atomic E-state index is 11.5. The summed E-state index contributed by atoms with van der Waals surface area (Å²) in [7, 11) is 0. The van der Waals surface area contributed by atoms with Crippen molar-refractivity contribution in [3.8, 4) is 0 Å². The van der Waals surface area contributed by atoms with Crippen LogP contribution in [0.2, 0.25) is 0 Å². The Kier molecular flexibility index (Phi) is 4.83. The van der Waals surface area contributed by atoms with Crippen LogP contribution in [0, 0.1) is 0 Å². The summed E-state index contributed by atoms with van der Waals surface area (Å²) in [6.07, 6.45) is 4.65. The van der Waals surface area contributed by atoms with E-state index in [2.05, 4.69) is 17.6 Å². The van der Waals surface area contributed by atoms with Crippen LogP contribution in [-0.4, -0.2) is 44.0 Å².